The molecule has 0 saturated carbocycles. The second-order valence-corrected chi connectivity index (χ2v) is 11.6. The number of alkyl halides is 2. The molecule has 0 aliphatic carbocycles. The average molecular weight is 572 g/mol. The van der Waals surface area contributed by atoms with Crippen molar-refractivity contribution < 1.29 is 23.0 Å². The van der Waals surface area contributed by atoms with Crippen molar-refractivity contribution in [2.75, 3.05) is 40.4 Å². The fourth-order valence-electron chi connectivity index (χ4n) is 5.43. The molecule has 0 bridgehead atoms. The molecular weight excluding hydrogens is 540 g/mol. The molecule has 5 heterocycles. The predicted octanol–water partition coefficient (Wildman–Crippen LogP) is 3.39. The van der Waals surface area contributed by atoms with Crippen LogP contribution in [0.2, 0.25) is 0 Å². The first-order valence-corrected chi connectivity index (χ1v) is 14.1. The number of carbonyl (C=O) groups excluding carboxylic acids is 1. The van der Waals surface area contributed by atoms with E-state index < -0.39 is 12.7 Å². The van der Waals surface area contributed by atoms with Gasteiger partial charge in [-0.25, -0.2) is 14.5 Å². The van der Waals surface area contributed by atoms with Gasteiger partial charge in [0.15, 0.2) is 5.65 Å². The van der Waals surface area contributed by atoms with Gasteiger partial charge in [-0.05, 0) is 50.7 Å². The minimum atomic E-state index is -2.99. The van der Waals surface area contributed by atoms with Crippen LogP contribution >= 0.6 is 11.8 Å². The minimum Gasteiger partial charge on any atom is -0.434 e. The lowest BCUT2D eigenvalue weighted by Gasteiger charge is -2.34. The van der Waals surface area contributed by atoms with E-state index in [4.69, 9.17) is 9.47 Å². The predicted molar refractivity (Wildman–Crippen MR) is 145 cm³/mol. The van der Waals surface area contributed by atoms with Crippen LogP contribution in [0, 0.1) is 0 Å². The first-order valence-electron chi connectivity index (χ1n) is 13.2. The Morgan fingerprint density at radius 3 is 2.88 bits per heavy atom. The zero-order chi connectivity index (χ0) is 27.8. The van der Waals surface area contributed by atoms with Crippen molar-refractivity contribution in [3.8, 4) is 5.75 Å². The van der Waals surface area contributed by atoms with Gasteiger partial charge in [0.1, 0.15) is 11.3 Å². The highest BCUT2D eigenvalue weighted by atomic mass is 32.2. The molecule has 40 heavy (non-hydrogen) atoms. The maximum absolute atomic E-state index is 13.5. The van der Waals surface area contributed by atoms with E-state index in [1.54, 1.807) is 42.4 Å². The van der Waals surface area contributed by atoms with Gasteiger partial charge in [0.25, 0.3) is 5.91 Å². The summed E-state index contributed by atoms with van der Waals surface area (Å²) in [6.07, 6.45) is 8.86. The van der Waals surface area contributed by atoms with E-state index in [1.165, 1.54) is 10.7 Å². The highest BCUT2D eigenvalue weighted by Crippen LogP contribution is 2.42. The van der Waals surface area contributed by atoms with E-state index in [0.29, 0.717) is 53.5 Å². The molecule has 2 atom stereocenters. The third-order valence-corrected chi connectivity index (χ3v) is 8.75. The number of amides is 1. The summed E-state index contributed by atoms with van der Waals surface area (Å²) < 4.78 is 38.9. The van der Waals surface area contributed by atoms with Gasteiger partial charge in [0.2, 0.25) is 0 Å². The molecule has 2 fully saturated rings. The Bertz CT molecular complexity index is 1420. The number of likely N-dealkylation sites (tertiary alicyclic amines) is 1. The van der Waals surface area contributed by atoms with Crippen LogP contribution in [0.3, 0.4) is 0 Å². The molecule has 0 radical (unpaired) electrons. The Hall–Kier alpha value is -3.26. The fraction of sp³-hybridized carbons (Fsp3) is 0.444. The Morgan fingerprint density at radius 1 is 1.30 bits per heavy atom. The molecule has 1 unspecified atom stereocenters. The second-order valence-electron chi connectivity index (χ2n) is 10.2. The molecule has 10 nitrogen and oxygen atoms in total. The lowest BCUT2D eigenvalue weighted by atomic mass is 10.0. The van der Waals surface area contributed by atoms with Gasteiger partial charge >= 0.3 is 6.61 Å². The average Bonchev–Trinajstić information content (AvgIpc) is 3.60. The van der Waals surface area contributed by atoms with Gasteiger partial charge < -0.3 is 24.7 Å². The Labute approximate surface area is 234 Å². The van der Waals surface area contributed by atoms with Crippen LogP contribution in [-0.2, 0) is 4.74 Å². The number of rotatable bonds is 9. The highest BCUT2D eigenvalue weighted by Gasteiger charge is 2.37. The molecule has 1 aromatic carbocycles. The third-order valence-electron chi connectivity index (χ3n) is 7.61. The molecule has 2 aromatic heterocycles. The van der Waals surface area contributed by atoms with E-state index in [9.17, 15) is 13.6 Å². The zero-order valence-electron chi connectivity index (χ0n) is 22.2. The van der Waals surface area contributed by atoms with Crippen molar-refractivity contribution in [1.29, 1.82) is 0 Å². The molecule has 3 aliphatic heterocycles. The van der Waals surface area contributed by atoms with E-state index in [-0.39, 0.29) is 11.7 Å². The molecule has 2 saturated heterocycles. The quantitative estimate of drug-likeness (QED) is 0.415. The molecule has 3 aliphatic rings. The highest BCUT2D eigenvalue weighted by molar-refractivity contribution is 8.00. The van der Waals surface area contributed by atoms with Crippen LogP contribution in [0.25, 0.3) is 5.65 Å². The van der Waals surface area contributed by atoms with Gasteiger partial charge in [-0.15, -0.1) is 11.8 Å². The van der Waals surface area contributed by atoms with Gasteiger partial charge in [0.05, 0.1) is 36.4 Å². The summed E-state index contributed by atoms with van der Waals surface area (Å²) in [5.41, 5.74) is 1.84. The summed E-state index contributed by atoms with van der Waals surface area (Å²) >= 11 is 1.64. The van der Waals surface area contributed by atoms with Crippen molar-refractivity contribution in [2.45, 2.75) is 41.7 Å². The number of hydrazine groups is 1. The number of ether oxygens (including phenoxy) is 2. The number of thioether (sulfide) groups is 1. The molecule has 1 N–H and O–H groups in total. The summed E-state index contributed by atoms with van der Waals surface area (Å²) in [5.74, 6) is -0.314. The van der Waals surface area contributed by atoms with E-state index in [2.05, 4.69) is 27.3 Å². The Morgan fingerprint density at radius 2 is 2.15 bits per heavy atom. The molecule has 1 amide bonds. The van der Waals surface area contributed by atoms with Gasteiger partial charge in [-0.1, -0.05) is 0 Å². The minimum absolute atomic E-state index is 0.0682. The number of fused-ring (bicyclic) bond motifs is 1. The number of hydrogen-bond donors (Lipinski definition) is 1. The standard InChI is InChI=1S/C27H31F2N7O3S/c1-33-9-3-5-17(33)13-35-14-22(32-26(37)21-12-31-36-10-4-8-30-25(21)36)24(34(35)2)20-11-18(40-19-15-38-16-19)6-7-23(20)39-27(28)29/h4,6-8,10-12,14,17,19,24,27H,3,5,9,13,15-16H2,1-2H3,(H,32,37)/t17-,24?/m1/s1. The van der Waals surface area contributed by atoms with Crippen molar-refractivity contribution >= 4 is 23.3 Å². The topological polar surface area (TPSA) is 87.5 Å². The molecule has 3 aromatic rings. The van der Waals surface area contributed by atoms with E-state index in [0.717, 1.165) is 24.3 Å². The SMILES string of the molecule is CN1CCC[C@@H]1CN1C=C(NC(=O)c2cnn3cccnc23)C(c2cc(SC3COC3)ccc2OC(F)F)N1C. The summed E-state index contributed by atoms with van der Waals surface area (Å²) in [4.78, 5) is 21.1. The number of benzene rings is 1. The van der Waals surface area contributed by atoms with Crippen LogP contribution in [0.4, 0.5) is 8.78 Å². The van der Waals surface area contributed by atoms with Gasteiger partial charge in [-0.3, -0.25) is 4.79 Å². The normalized spacial score (nSPS) is 22.2. The molecule has 13 heteroatoms. The first kappa shape index (κ1) is 26.9. The maximum Gasteiger partial charge on any atom is 0.387 e. The van der Waals surface area contributed by atoms with Crippen LogP contribution in [0.5, 0.6) is 5.75 Å². The second kappa shape index (κ2) is 11.3. The lowest BCUT2D eigenvalue weighted by Crippen LogP contribution is -2.42. The number of nitrogens with zero attached hydrogens (tertiary/aromatic N) is 6. The number of halogens is 2. The number of nitrogens with one attached hydrogen (secondary N) is 1. The van der Waals surface area contributed by atoms with E-state index >= 15 is 0 Å². The Kier molecular flexibility index (Phi) is 7.62. The maximum atomic E-state index is 13.5. The first-order chi connectivity index (χ1) is 19.4. The van der Waals surface area contributed by atoms with Crippen molar-refractivity contribution in [3.63, 3.8) is 0 Å². The largest absolute Gasteiger partial charge is 0.434 e. The van der Waals surface area contributed by atoms with E-state index in [1.807, 2.05) is 29.3 Å². The summed E-state index contributed by atoms with van der Waals surface area (Å²) in [5, 5.41) is 11.6. The monoisotopic (exact) mass is 571 g/mol. The molecule has 0 spiro atoms. The van der Waals surface area contributed by atoms with Crippen molar-refractivity contribution in [3.05, 3.63) is 65.9 Å². The third kappa shape index (κ3) is 5.38. The summed E-state index contributed by atoms with van der Waals surface area (Å²) in [6, 6.07) is 6.74. The Balaban J connectivity index is 1.35. The van der Waals surface area contributed by atoms with Crippen molar-refractivity contribution in [1.82, 2.24) is 34.8 Å². The lowest BCUT2D eigenvalue weighted by molar-refractivity contribution is -0.0520. The number of hydrogen-bond acceptors (Lipinski definition) is 9. The van der Waals surface area contributed by atoms with Crippen molar-refractivity contribution in [2.24, 2.45) is 0 Å². The van der Waals surface area contributed by atoms with Crippen LogP contribution in [0.15, 0.2) is 59.6 Å². The summed E-state index contributed by atoms with van der Waals surface area (Å²) in [7, 11) is 4.01. The number of aromatic nitrogens is 3. The molecule has 212 valence electrons. The van der Waals surface area contributed by atoms with Crippen LogP contribution in [0.1, 0.15) is 34.8 Å². The van der Waals surface area contributed by atoms with Crippen LogP contribution in [-0.4, -0.2) is 93.7 Å². The smallest absolute Gasteiger partial charge is 0.387 e. The van der Waals surface area contributed by atoms with Gasteiger partial charge in [0, 0.05) is 48.7 Å². The molecular formula is C27H31F2N7O3S. The molecule has 6 rings (SSSR count). The summed E-state index contributed by atoms with van der Waals surface area (Å²) in [6.45, 7) is 0.0306. The fourth-order valence-corrected chi connectivity index (χ4v) is 6.48. The van der Waals surface area contributed by atoms with Crippen LogP contribution < -0.4 is 10.1 Å². The number of likely N-dealkylation sites (N-methyl/N-ethyl adjacent to an activating group) is 2. The number of carbonyl (C=O) groups is 1. The van der Waals surface area contributed by atoms with Gasteiger partial charge in [-0.2, -0.15) is 13.9 Å². The zero-order valence-corrected chi connectivity index (χ0v) is 23.1.